The second kappa shape index (κ2) is 3.91. The Kier molecular flexibility index (Phi) is 2.72. The molecule has 2 rings (SSSR count). The van der Waals surface area contributed by atoms with Gasteiger partial charge in [-0.25, -0.2) is 4.79 Å². The maximum absolute atomic E-state index is 11.9. The molecule has 3 heteroatoms. The van der Waals surface area contributed by atoms with E-state index in [1.54, 1.807) is 0 Å². The monoisotopic (exact) mass is 220 g/mol. The number of benzene rings is 1. The Morgan fingerprint density at radius 2 is 1.94 bits per heavy atom. The lowest BCUT2D eigenvalue weighted by Gasteiger charge is -2.14. The molecule has 1 aliphatic rings. The van der Waals surface area contributed by atoms with E-state index >= 15 is 0 Å². The molecule has 86 valence electrons. The Balaban J connectivity index is 2.19. The van der Waals surface area contributed by atoms with E-state index in [4.69, 9.17) is 9.47 Å². The third kappa shape index (κ3) is 1.95. The Morgan fingerprint density at radius 3 is 2.38 bits per heavy atom. The summed E-state index contributed by atoms with van der Waals surface area (Å²) in [6, 6.07) is 7.79. The van der Waals surface area contributed by atoms with Crippen molar-refractivity contribution < 1.29 is 14.3 Å². The van der Waals surface area contributed by atoms with E-state index in [0.29, 0.717) is 6.61 Å². The molecule has 1 saturated heterocycles. The van der Waals surface area contributed by atoms with Crippen molar-refractivity contribution in [3.8, 4) is 0 Å². The number of aryl methyl sites for hydroxylation is 1. The Hall–Kier alpha value is -1.35. The van der Waals surface area contributed by atoms with Gasteiger partial charge in [-0.3, -0.25) is 0 Å². The summed E-state index contributed by atoms with van der Waals surface area (Å²) in [6.07, 6.45) is -0.112. The minimum atomic E-state index is -0.835. The first-order valence-electron chi connectivity index (χ1n) is 5.47. The van der Waals surface area contributed by atoms with E-state index in [2.05, 4.69) is 0 Å². The number of hydrogen-bond donors (Lipinski definition) is 0. The fourth-order valence-corrected chi connectivity index (χ4v) is 1.61. The van der Waals surface area contributed by atoms with Gasteiger partial charge in [0.25, 0.3) is 0 Å². The summed E-state index contributed by atoms with van der Waals surface area (Å²) >= 11 is 0. The summed E-state index contributed by atoms with van der Waals surface area (Å²) in [5.74, 6) is -0.286. The van der Waals surface area contributed by atoms with Crippen molar-refractivity contribution in [2.45, 2.75) is 32.5 Å². The number of carbonyl (C=O) groups excluding carboxylic acids is 1. The maximum Gasteiger partial charge on any atom is 0.345 e. The SMILES string of the molecule is Cc1ccc(C2(C(=O)OC(C)C)CO2)cc1. The summed E-state index contributed by atoms with van der Waals surface area (Å²) in [4.78, 5) is 11.9. The fraction of sp³-hybridized carbons (Fsp3) is 0.462. The van der Waals surface area contributed by atoms with Crippen LogP contribution in [0.15, 0.2) is 24.3 Å². The molecule has 1 aromatic carbocycles. The molecule has 1 aromatic rings. The van der Waals surface area contributed by atoms with Crippen molar-refractivity contribution in [1.29, 1.82) is 0 Å². The Morgan fingerprint density at radius 1 is 1.38 bits per heavy atom. The molecular formula is C13H16O3. The highest BCUT2D eigenvalue weighted by Gasteiger charge is 2.55. The summed E-state index contributed by atoms with van der Waals surface area (Å²) in [6.45, 7) is 6.10. The molecule has 0 N–H and O–H groups in total. The number of hydrogen-bond acceptors (Lipinski definition) is 3. The lowest BCUT2D eigenvalue weighted by atomic mass is 9.99. The predicted molar refractivity (Wildman–Crippen MR) is 60.0 cm³/mol. The second-order valence-corrected chi connectivity index (χ2v) is 4.44. The number of carbonyl (C=O) groups is 1. The highest BCUT2D eigenvalue weighted by atomic mass is 16.6. The van der Waals surface area contributed by atoms with Crippen molar-refractivity contribution in [3.05, 3.63) is 35.4 Å². The van der Waals surface area contributed by atoms with Crippen molar-refractivity contribution in [3.63, 3.8) is 0 Å². The fourth-order valence-electron chi connectivity index (χ4n) is 1.61. The van der Waals surface area contributed by atoms with E-state index < -0.39 is 5.60 Å². The van der Waals surface area contributed by atoms with Gasteiger partial charge in [0.15, 0.2) is 0 Å². The molecule has 0 amide bonds. The molecule has 1 unspecified atom stereocenters. The molecule has 1 atom stereocenters. The van der Waals surface area contributed by atoms with Crippen molar-refractivity contribution in [2.24, 2.45) is 0 Å². The summed E-state index contributed by atoms with van der Waals surface area (Å²) in [5, 5.41) is 0. The first-order chi connectivity index (χ1) is 7.54. The van der Waals surface area contributed by atoms with Crippen LogP contribution >= 0.6 is 0 Å². The van der Waals surface area contributed by atoms with Crippen molar-refractivity contribution >= 4 is 5.97 Å². The first-order valence-corrected chi connectivity index (χ1v) is 5.47. The van der Waals surface area contributed by atoms with Crippen LogP contribution in [-0.2, 0) is 19.9 Å². The minimum Gasteiger partial charge on any atom is -0.461 e. The van der Waals surface area contributed by atoms with Crippen molar-refractivity contribution in [1.82, 2.24) is 0 Å². The van der Waals surface area contributed by atoms with Crippen LogP contribution in [0.5, 0.6) is 0 Å². The van der Waals surface area contributed by atoms with Crippen LogP contribution < -0.4 is 0 Å². The van der Waals surface area contributed by atoms with Gasteiger partial charge in [0.1, 0.15) is 0 Å². The minimum absolute atomic E-state index is 0.112. The standard InChI is InChI=1S/C13H16O3/c1-9(2)16-12(14)13(8-15-13)11-6-4-10(3)5-7-11/h4-7,9H,8H2,1-3H3. The van der Waals surface area contributed by atoms with Gasteiger partial charge in [-0.15, -0.1) is 0 Å². The van der Waals surface area contributed by atoms with E-state index in [1.165, 1.54) is 0 Å². The smallest absolute Gasteiger partial charge is 0.345 e. The van der Waals surface area contributed by atoms with E-state index in [-0.39, 0.29) is 12.1 Å². The topological polar surface area (TPSA) is 38.8 Å². The van der Waals surface area contributed by atoms with E-state index in [9.17, 15) is 4.79 Å². The number of ether oxygens (including phenoxy) is 2. The molecule has 0 saturated carbocycles. The van der Waals surface area contributed by atoms with Crippen LogP contribution in [-0.4, -0.2) is 18.7 Å². The molecule has 3 nitrogen and oxygen atoms in total. The van der Waals surface area contributed by atoms with Gasteiger partial charge in [0.05, 0.1) is 12.7 Å². The van der Waals surface area contributed by atoms with Crippen LogP contribution in [0, 0.1) is 6.92 Å². The normalized spacial score (nSPS) is 23.2. The average molecular weight is 220 g/mol. The van der Waals surface area contributed by atoms with E-state index in [0.717, 1.165) is 11.1 Å². The van der Waals surface area contributed by atoms with Crippen LogP contribution in [0.25, 0.3) is 0 Å². The van der Waals surface area contributed by atoms with Gasteiger partial charge in [-0.05, 0) is 26.3 Å². The second-order valence-electron chi connectivity index (χ2n) is 4.44. The van der Waals surface area contributed by atoms with Crippen LogP contribution in [0.3, 0.4) is 0 Å². The van der Waals surface area contributed by atoms with Gasteiger partial charge >= 0.3 is 5.97 Å². The van der Waals surface area contributed by atoms with E-state index in [1.807, 2.05) is 45.0 Å². The quantitative estimate of drug-likeness (QED) is 0.579. The molecule has 16 heavy (non-hydrogen) atoms. The zero-order valence-corrected chi connectivity index (χ0v) is 9.82. The molecular weight excluding hydrogens is 204 g/mol. The van der Waals surface area contributed by atoms with Gasteiger partial charge in [-0.2, -0.15) is 0 Å². The summed E-state index contributed by atoms with van der Waals surface area (Å²) in [7, 11) is 0. The van der Waals surface area contributed by atoms with Gasteiger partial charge in [0, 0.05) is 0 Å². The molecule has 1 heterocycles. The van der Waals surface area contributed by atoms with Crippen LogP contribution in [0.2, 0.25) is 0 Å². The molecule has 1 fully saturated rings. The third-order valence-corrected chi connectivity index (χ3v) is 2.62. The average Bonchev–Trinajstić information content (AvgIpc) is 2.98. The largest absolute Gasteiger partial charge is 0.461 e. The molecule has 1 aliphatic heterocycles. The predicted octanol–water partition coefficient (Wildman–Crippen LogP) is 2.17. The van der Waals surface area contributed by atoms with Gasteiger partial charge in [0.2, 0.25) is 5.60 Å². The number of esters is 1. The molecule has 0 radical (unpaired) electrons. The van der Waals surface area contributed by atoms with Crippen LogP contribution in [0.4, 0.5) is 0 Å². The zero-order chi connectivity index (χ0) is 11.8. The van der Waals surface area contributed by atoms with Crippen molar-refractivity contribution in [2.75, 3.05) is 6.61 Å². The Labute approximate surface area is 95.4 Å². The molecule has 0 aromatic heterocycles. The molecule has 0 spiro atoms. The highest BCUT2D eigenvalue weighted by Crippen LogP contribution is 2.40. The number of rotatable bonds is 3. The zero-order valence-electron chi connectivity index (χ0n) is 9.82. The molecule has 0 aliphatic carbocycles. The maximum atomic E-state index is 11.9. The Bertz CT molecular complexity index is 388. The highest BCUT2D eigenvalue weighted by molar-refractivity contribution is 5.84. The lowest BCUT2D eigenvalue weighted by Crippen LogP contribution is -2.27. The summed E-state index contributed by atoms with van der Waals surface area (Å²) in [5.41, 5.74) is 1.21. The first kappa shape index (κ1) is 11.1. The third-order valence-electron chi connectivity index (χ3n) is 2.62. The summed E-state index contributed by atoms with van der Waals surface area (Å²) < 4.78 is 10.5. The number of epoxide rings is 1. The van der Waals surface area contributed by atoms with Gasteiger partial charge < -0.3 is 9.47 Å². The van der Waals surface area contributed by atoms with Gasteiger partial charge in [-0.1, -0.05) is 29.8 Å². The molecule has 0 bridgehead atoms. The van der Waals surface area contributed by atoms with Crippen LogP contribution in [0.1, 0.15) is 25.0 Å². The lowest BCUT2D eigenvalue weighted by molar-refractivity contribution is -0.154.